The van der Waals surface area contributed by atoms with E-state index in [0.717, 1.165) is 24.5 Å². The van der Waals surface area contributed by atoms with E-state index in [2.05, 4.69) is 20.4 Å². The zero-order valence-electron chi connectivity index (χ0n) is 17.8. The van der Waals surface area contributed by atoms with Crippen molar-refractivity contribution in [3.63, 3.8) is 0 Å². The van der Waals surface area contributed by atoms with Gasteiger partial charge in [0, 0.05) is 31.5 Å². The summed E-state index contributed by atoms with van der Waals surface area (Å²) in [6, 6.07) is 21.9. The van der Waals surface area contributed by atoms with E-state index in [9.17, 15) is 4.79 Å². The van der Waals surface area contributed by atoms with Crippen LogP contribution in [-0.2, 0) is 4.74 Å². The number of ether oxygens (including phenoxy) is 1. The van der Waals surface area contributed by atoms with Crippen LogP contribution in [0.3, 0.4) is 0 Å². The van der Waals surface area contributed by atoms with Gasteiger partial charge in [-0.1, -0.05) is 12.1 Å². The zero-order chi connectivity index (χ0) is 22.1. The number of azo groups is 1. The summed E-state index contributed by atoms with van der Waals surface area (Å²) in [4.78, 5) is 14.5. The predicted octanol–water partition coefficient (Wildman–Crippen LogP) is 5.41. The lowest BCUT2D eigenvalue weighted by Gasteiger charge is -2.18. The molecule has 0 atom stereocenters. The van der Waals surface area contributed by atoms with Crippen molar-refractivity contribution in [1.82, 2.24) is 0 Å². The Morgan fingerprint density at radius 1 is 0.968 bits per heavy atom. The third-order valence-corrected chi connectivity index (χ3v) is 4.69. The number of nitrogens with zero attached hydrogens (tertiary/aromatic N) is 3. The molecule has 0 aliphatic heterocycles. The summed E-state index contributed by atoms with van der Waals surface area (Å²) >= 11 is 0. The molecule has 0 bridgehead atoms. The first-order valence-electron chi connectivity index (χ1n) is 10.1. The Morgan fingerprint density at radius 3 is 2.19 bits per heavy atom. The molecular formula is C24H27N5O2. The van der Waals surface area contributed by atoms with Crippen LogP contribution in [-0.4, -0.2) is 32.7 Å². The van der Waals surface area contributed by atoms with Gasteiger partial charge in [0.25, 0.3) is 5.91 Å². The summed E-state index contributed by atoms with van der Waals surface area (Å²) in [6.45, 7) is 4.23. The van der Waals surface area contributed by atoms with Gasteiger partial charge in [0.1, 0.15) is 0 Å². The molecule has 160 valence electrons. The van der Waals surface area contributed by atoms with E-state index >= 15 is 0 Å². The second-order valence-corrected chi connectivity index (χ2v) is 6.92. The maximum absolute atomic E-state index is 12.4. The van der Waals surface area contributed by atoms with Gasteiger partial charge in [-0.2, -0.15) is 10.2 Å². The van der Waals surface area contributed by atoms with Crippen LogP contribution in [0.4, 0.5) is 28.4 Å². The lowest BCUT2D eigenvalue weighted by molar-refractivity contribution is 0.102. The molecule has 0 radical (unpaired) electrons. The topological polar surface area (TPSA) is 92.3 Å². The van der Waals surface area contributed by atoms with E-state index in [0.29, 0.717) is 29.2 Å². The van der Waals surface area contributed by atoms with Crippen LogP contribution in [0.2, 0.25) is 0 Å². The Morgan fingerprint density at radius 2 is 1.58 bits per heavy atom. The molecule has 0 aromatic heterocycles. The van der Waals surface area contributed by atoms with Gasteiger partial charge in [0.2, 0.25) is 0 Å². The predicted molar refractivity (Wildman–Crippen MR) is 126 cm³/mol. The Hall–Kier alpha value is -3.71. The molecule has 0 fully saturated rings. The van der Waals surface area contributed by atoms with Crippen molar-refractivity contribution in [3.05, 3.63) is 78.4 Å². The second kappa shape index (κ2) is 10.9. The zero-order valence-corrected chi connectivity index (χ0v) is 17.8. The van der Waals surface area contributed by atoms with Gasteiger partial charge >= 0.3 is 0 Å². The first-order valence-corrected chi connectivity index (χ1v) is 10.1. The van der Waals surface area contributed by atoms with Crippen LogP contribution in [0, 0.1) is 0 Å². The molecular weight excluding hydrogens is 390 g/mol. The number of carbonyl (C=O) groups is 1. The molecule has 3 N–H and O–H groups in total. The molecule has 0 aliphatic rings. The molecule has 7 nitrogen and oxygen atoms in total. The van der Waals surface area contributed by atoms with Gasteiger partial charge in [-0.15, -0.1) is 0 Å². The summed E-state index contributed by atoms with van der Waals surface area (Å²) in [5, 5.41) is 11.3. The Bertz CT molecular complexity index is 1020. The number of nitrogen functional groups attached to an aromatic ring is 1. The number of carbonyl (C=O) groups excluding carboxylic acids is 1. The fourth-order valence-corrected chi connectivity index (χ4v) is 2.85. The maximum atomic E-state index is 12.4. The normalized spacial score (nSPS) is 10.9. The Labute approximate surface area is 182 Å². The highest BCUT2D eigenvalue weighted by Gasteiger charge is 2.07. The fourth-order valence-electron chi connectivity index (χ4n) is 2.85. The number of benzene rings is 3. The van der Waals surface area contributed by atoms with E-state index < -0.39 is 0 Å². The van der Waals surface area contributed by atoms with E-state index in [4.69, 9.17) is 10.5 Å². The van der Waals surface area contributed by atoms with E-state index in [-0.39, 0.29) is 5.91 Å². The Balaban J connectivity index is 1.58. The summed E-state index contributed by atoms with van der Waals surface area (Å²) in [6.07, 6.45) is 0. The third-order valence-electron chi connectivity index (χ3n) is 4.69. The average Bonchev–Trinajstić information content (AvgIpc) is 2.80. The SMILES string of the molecule is CCOCCN(C)c1ccc(N=Nc2ccc(C(=O)Nc3ccccc3N)cc2)cc1. The smallest absolute Gasteiger partial charge is 0.255 e. The average molecular weight is 418 g/mol. The van der Waals surface area contributed by atoms with Crippen LogP contribution in [0.15, 0.2) is 83.0 Å². The summed E-state index contributed by atoms with van der Waals surface area (Å²) in [7, 11) is 2.03. The molecule has 0 saturated heterocycles. The molecule has 3 aromatic carbocycles. The number of likely N-dealkylation sites (N-methyl/N-ethyl adjacent to an activating group) is 1. The van der Waals surface area contributed by atoms with Gasteiger partial charge in [-0.05, 0) is 67.6 Å². The standard InChI is InChI=1S/C24H27N5O2/c1-3-31-17-16-29(2)21-14-12-20(13-15-21)28-27-19-10-8-18(9-11-19)24(30)26-23-7-5-4-6-22(23)25/h4-15H,3,16-17,25H2,1-2H3,(H,26,30). The van der Waals surface area contributed by atoms with Crippen molar-refractivity contribution in [2.75, 3.05) is 42.8 Å². The first-order chi connectivity index (χ1) is 15.1. The lowest BCUT2D eigenvalue weighted by atomic mass is 10.2. The van der Waals surface area contributed by atoms with E-state index in [1.807, 2.05) is 50.4 Å². The molecule has 31 heavy (non-hydrogen) atoms. The van der Waals surface area contributed by atoms with E-state index in [1.165, 1.54) is 0 Å². The molecule has 3 aromatic rings. The first kappa shape index (κ1) is 22.0. The third kappa shape index (κ3) is 6.38. The number of hydrogen-bond acceptors (Lipinski definition) is 6. The molecule has 0 saturated carbocycles. The minimum Gasteiger partial charge on any atom is -0.397 e. The highest BCUT2D eigenvalue weighted by Crippen LogP contribution is 2.23. The van der Waals surface area contributed by atoms with Gasteiger partial charge < -0.3 is 20.7 Å². The number of amides is 1. The molecule has 0 unspecified atom stereocenters. The molecule has 3 rings (SSSR count). The van der Waals surface area contributed by atoms with Crippen LogP contribution >= 0.6 is 0 Å². The van der Waals surface area contributed by atoms with Crippen LogP contribution in [0.25, 0.3) is 0 Å². The van der Waals surface area contributed by atoms with Crippen LogP contribution in [0.1, 0.15) is 17.3 Å². The quantitative estimate of drug-likeness (QED) is 0.277. The van der Waals surface area contributed by atoms with Crippen LogP contribution < -0.4 is 16.0 Å². The lowest BCUT2D eigenvalue weighted by Crippen LogP contribution is -2.22. The molecule has 1 amide bonds. The monoisotopic (exact) mass is 417 g/mol. The number of rotatable bonds is 9. The summed E-state index contributed by atoms with van der Waals surface area (Å²) in [5.41, 5.74) is 10.00. The largest absolute Gasteiger partial charge is 0.397 e. The molecule has 0 aliphatic carbocycles. The number of nitrogens with one attached hydrogen (secondary N) is 1. The van der Waals surface area contributed by atoms with Crippen molar-refractivity contribution < 1.29 is 9.53 Å². The van der Waals surface area contributed by atoms with Gasteiger partial charge in [0.15, 0.2) is 0 Å². The van der Waals surface area contributed by atoms with Crippen molar-refractivity contribution in [3.8, 4) is 0 Å². The van der Waals surface area contributed by atoms with Gasteiger partial charge in [-0.3, -0.25) is 4.79 Å². The fraction of sp³-hybridized carbons (Fsp3) is 0.208. The number of nitrogens with two attached hydrogens (primary N) is 1. The molecule has 0 spiro atoms. The Kier molecular flexibility index (Phi) is 7.73. The van der Waals surface area contributed by atoms with Gasteiger partial charge in [-0.25, -0.2) is 0 Å². The minimum atomic E-state index is -0.231. The summed E-state index contributed by atoms with van der Waals surface area (Å²) < 4.78 is 5.39. The van der Waals surface area contributed by atoms with E-state index in [1.54, 1.807) is 36.4 Å². The maximum Gasteiger partial charge on any atom is 0.255 e. The number of para-hydroxylation sites is 2. The van der Waals surface area contributed by atoms with Crippen molar-refractivity contribution in [1.29, 1.82) is 0 Å². The van der Waals surface area contributed by atoms with Gasteiger partial charge in [0.05, 0.1) is 29.4 Å². The second-order valence-electron chi connectivity index (χ2n) is 6.92. The van der Waals surface area contributed by atoms with Crippen molar-refractivity contribution in [2.24, 2.45) is 10.2 Å². The van der Waals surface area contributed by atoms with Crippen LogP contribution in [0.5, 0.6) is 0 Å². The molecule has 7 heteroatoms. The number of anilines is 3. The highest BCUT2D eigenvalue weighted by molar-refractivity contribution is 6.05. The van der Waals surface area contributed by atoms with Crippen molar-refractivity contribution in [2.45, 2.75) is 6.92 Å². The van der Waals surface area contributed by atoms with Crippen molar-refractivity contribution >= 4 is 34.3 Å². The number of hydrogen-bond donors (Lipinski definition) is 2. The minimum absolute atomic E-state index is 0.231. The molecule has 0 heterocycles. The highest BCUT2D eigenvalue weighted by atomic mass is 16.5. The summed E-state index contributed by atoms with van der Waals surface area (Å²) in [5.74, 6) is -0.231.